The molecule has 0 rings (SSSR count). The first kappa shape index (κ1) is 39.5. The maximum Gasteiger partial charge on any atom is 0.348 e. The van der Waals surface area contributed by atoms with Crippen LogP contribution in [0, 0.1) is 11.3 Å². The summed E-state index contributed by atoms with van der Waals surface area (Å²) in [5.41, 5.74) is 33.7. The minimum Gasteiger partial charge on any atom is -1.00 e. The van der Waals surface area contributed by atoms with Crippen molar-refractivity contribution in [3.05, 3.63) is 0 Å². The Morgan fingerprint density at radius 2 is 0.974 bits per heavy atom. The van der Waals surface area contributed by atoms with E-state index in [9.17, 15) is 0 Å². The summed E-state index contributed by atoms with van der Waals surface area (Å²) >= 11 is 0. The summed E-state index contributed by atoms with van der Waals surface area (Å²) in [6, 6.07) is 1.74. The second-order valence-corrected chi connectivity index (χ2v) is 8.17. The largest absolute Gasteiger partial charge is 1.00 e. The molecule has 0 spiro atoms. The molecule has 0 aromatic carbocycles. The molecule has 0 bridgehead atoms. The molecule has 0 aliphatic rings. The summed E-state index contributed by atoms with van der Waals surface area (Å²) < 4.78 is 0. The molecule has 0 fully saturated rings. The number of amidine groups is 1. The number of nitrogens with one attached hydrogen (secondary N) is 4. The fourth-order valence-electron chi connectivity index (χ4n) is 3.11. The van der Waals surface area contributed by atoms with Gasteiger partial charge in [0.1, 0.15) is 6.07 Å². The van der Waals surface area contributed by atoms with E-state index in [-0.39, 0.29) is 42.6 Å². The maximum atomic E-state index is 8.51. The summed E-state index contributed by atoms with van der Waals surface area (Å²) in [6.07, 6.45) is 11.9. The van der Waals surface area contributed by atoms with Gasteiger partial charge >= 0.3 is 11.9 Å². The van der Waals surface area contributed by atoms with E-state index in [4.69, 9.17) is 39.7 Å². The third-order valence-corrected chi connectivity index (χ3v) is 4.95. The zero-order valence-corrected chi connectivity index (χ0v) is 23.8. The number of rotatable bonds is 18. The molecule has 0 unspecified atom stereocenters. The number of nitrogens with two attached hydrogens (primary N) is 6. The number of hydrogen-bond acceptors (Lipinski definition) is 5. The van der Waals surface area contributed by atoms with E-state index < -0.39 is 0 Å². The van der Waals surface area contributed by atoms with E-state index in [1.807, 2.05) is 0 Å². The highest BCUT2D eigenvalue weighted by atomic mass is 35.5. The van der Waals surface area contributed by atoms with Crippen molar-refractivity contribution in [3.63, 3.8) is 0 Å². The molecule has 0 radical (unpaired) electrons. The van der Waals surface area contributed by atoms with Crippen LogP contribution in [0.25, 0.3) is 0 Å². The average Bonchev–Trinajstić information content (AvgIpc) is 2.85. The summed E-state index contributed by atoms with van der Waals surface area (Å²) in [4.78, 5) is 18.1. The van der Waals surface area contributed by atoms with E-state index in [0.29, 0.717) is 38.1 Å². The lowest BCUT2D eigenvalue weighted by atomic mass is 10.1. The standard InChI is InChI=1S/C22H46N14.2ClH/c23-11-14-33-21(28)35-19(26)31-12-9-7-5-3-1-2-4-6-8-10-13-32-20(27)36-22(29)34-16-15-30-18(25)17-24;;/h1-16,23H2,(H2,25,30)(H5,26,28,31,33,35)(H5,27,29,32,34,36);2*1H. The Kier molecular flexibility index (Phi) is 29.7. The normalized spacial score (nSPS) is 12.8. The molecule has 16 heteroatoms. The fraction of sp³-hybridized carbons (Fsp3) is 0.727. The van der Waals surface area contributed by atoms with Gasteiger partial charge in [-0.2, -0.15) is 5.26 Å². The number of halogens is 2. The Morgan fingerprint density at radius 3 is 1.37 bits per heavy atom. The van der Waals surface area contributed by atoms with Gasteiger partial charge in [-0.25, -0.2) is 20.6 Å². The first-order chi connectivity index (χ1) is 17.4. The van der Waals surface area contributed by atoms with Crippen LogP contribution in [0.15, 0.2) is 15.0 Å². The third kappa shape index (κ3) is 27.6. The lowest BCUT2D eigenvalue weighted by molar-refractivity contribution is -0.461. The number of nitriles is 1. The zero-order chi connectivity index (χ0) is 26.9. The molecule has 0 aromatic rings. The van der Waals surface area contributed by atoms with Gasteiger partial charge in [0, 0.05) is 6.54 Å². The van der Waals surface area contributed by atoms with Crippen LogP contribution >= 0.6 is 0 Å². The van der Waals surface area contributed by atoms with E-state index in [0.717, 1.165) is 32.4 Å². The van der Waals surface area contributed by atoms with E-state index in [1.165, 1.54) is 44.9 Å². The Hall–Kier alpha value is -3.02. The molecular formula is C22H48Cl2N14. The molecule has 0 aliphatic carbocycles. The highest BCUT2D eigenvalue weighted by Gasteiger charge is 2.02. The smallest absolute Gasteiger partial charge is 0.348 e. The van der Waals surface area contributed by atoms with Crippen LogP contribution in [0.1, 0.15) is 64.2 Å². The Bertz CT molecular complexity index is 775. The topological polar surface area (TPSA) is 269 Å². The van der Waals surface area contributed by atoms with Crippen molar-refractivity contribution >= 4 is 29.7 Å². The van der Waals surface area contributed by atoms with E-state index in [2.05, 4.69) is 35.6 Å². The highest BCUT2D eigenvalue weighted by Crippen LogP contribution is 2.09. The minimum atomic E-state index is -0.0731. The molecule has 0 heterocycles. The van der Waals surface area contributed by atoms with Gasteiger partial charge in [0.15, 0.2) is 5.84 Å². The molecule has 0 amide bonds. The van der Waals surface area contributed by atoms with E-state index >= 15 is 0 Å². The second-order valence-electron chi connectivity index (χ2n) is 8.17. The lowest BCUT2D eigenvalue weighted by Gasteiger charge is -2.02. The predicted molar refractivity (Wildman–Crippen MR) is 147 cm³/mol. The first-order valence-electron chi connectivity index (χ1n) is 12.7. The van der Waals surface area contributed by atoms with Gasteiger partial charge in [-0.1, -0.05) is 51.4 Å². The van der Waals surface area contributed by atoms with Crippen LogP contribution in [-0.4, -0.2) is 68.9 Å². The van der Waals surface area contributed by atoms with Crippen molar-refractivity contribution in [1.29, 1.82) is 5.26 Å². The number of guanidine groups is 4. The molecule has 16 N–H and O–H groups in total. The van der Waals surface area contributed by atoms with E-state index in [1.54, 1.807) is 6.07 Å². The van der Waals surface area contributed by atoms with Crippen LogP contribution < -0.4 is 79.8 Å². The summed E-state index contributed by atoms with van der Waals surface area (Å²) in [7, 11) is 0. The highest BCUT2D eigenvalue weighted by molar-refractivity contribution is 5.95. The first-order valence-corrected chi connectivity index (χ1v) is 12.7. The van der Waals surface area contributed by atoms with Crippen molar-refractivity contribution in [1.82, 2.24) is 10.6 Å². The number of nitrogens with zero attached hydrogens (tertiary/aromatic N) is 4. The Balaban J connectivity index is -0.00000612. The zero-order valence-electron chi connectivity index (χ0n) is 22.3. The van der Waals surface area contributed by atoms with Crippen LogP contribution in [0.5, 0.6) is 0 Å². The van der Waals surface area contributed by atoms with Gasteiger partial charge < -0.3 is 47.7 Å². The van der Waals surface area contributed by atoms with Crippen LogP contribution in [0.4, 0.5) is 0 Å². The van der Waals surface area contributed by atoms with Crippen molar-refractivity contribution < 1.29 is 34.8 Å². The van der Waals surface area contributed by atoms with Crippen LogP contribution in [0.3, 0.4) is 0 Å². The lowest BCUT2D eigenvalue weighted by Crippen LogP contribution is -3.00. The van der Waals surface area contributed by atoms with Gasteiger partial charge in [0.05, 0.1) is 32.7 Å². The molecule has 0 saturated heterocycles. The summed E-state index contributed by atoms with van der Waals surface area (Å²) in [6.45, 7) is 3.12. The Morgan fingerprint density at radius 1 is 0.605 bits per heavy atom. The minimum absolute atomic E-state index is 0. The molecule has 0 atom stereocenters. The molecule has 38 heavy (non-hydrogen) atoms. The fourth-order valence-corrected chi connectivity index (χ4v) is 3.11. The number of hydrogen-bond donors (Lipinski definition) is 10. The quantitative estimate of drug-likeness (QED) is 0.0419. The monoisotopic (exact) mass is 578 g/mol. The Labute approximate surface area is 239 Å². The molecule has 0 saturated carbocycles. The van der Waals surface area contributed by atoms with Gasteiger partial charge in [0.25, 0.3) is 11.9 Å². The van der Waals surface area contributed by atoms with Gasteiger partial charge in [-0.3, -0.25) is 26.4 Å². The van der Waals surface area contributed by atoms with Crippen molar-refractivity contribution in [2.24, 2.45) is 49.4 Å². The predicted octanol–water partition coefficient (Wildman–Crippen LogP) is -10.7. The summed E-state index contributed by atoms with van der Waals surface area (Å²) in [5, 5.41) is 14.1. The second kappa shape index (κ2) is 28.5. The number of aliphatic imine (C=N–C) groups is 3. The van der Waals surface area contributed by atoms with Crippen molar-refractivity contribution in [3.8, 4) is 6.07 Å². The van der Waals surface area contributed by atoms with Crippen molar-refractivity contribution in [2.45, 2.75) is 64.2 Å². The summed E-state index contributed by atoms with van der Waals surface area (Å²) in [5.74, 6) is 1.17. The molecule has 0 aromatic heterocycles. The van der Waals surface area contributed by atoms with Gasteiger partial charge in [-0.05, 0) is 12.8 Å². The SMILES string of the molecule is N#CC(N)=NCCN=C(N)NC(N)=[NH+]CCCCCCCCCCCC[NH+]=C(N)NC(N)=NCCN.[Cl-].[Cl-]. The average molecular weight is 580 g/mol. The van der Waals surface area contributed by atoms with Crippen LogP contribution in [-0.2, 0) is 0 Å². The van der Waals surface area contributed by atoms with Gasteiger partial charge in [-0.15, -0.1) is 0 Å². The molecule has 220 valence electrons. The third-order valence-electron chi connectivity index (χ3n) is 4.95. The van der Waals surface area contributed by atoms with Crippen LogP contribution in [0.2, 0.25) is 0 Å². The molecule has 14 nitrogen and oxygen atoms in total. The number of unbranched alkanes of at least 4 members (excludes halogenated alkanes) is 9. The van der Waals surface area contributed by atoms with Crippen molar-refractivity contribution in [2.75, 3.05) is 39.3 Å². The van der Waals surface area contributed by atoms with Gasteiger partial charge in [0.2, 0.25) is 0 Å². The molecule has 0 aliphatic heterocycles. The maximum absolute atomic E-state index is 8.51. The molecular weight excluding hydrogens is 531 g/mol.